The van der Waals surface area contributed by atoms with E-state index < -0.39 is 20.5 Å². The average Bonchev–Trinajstić information content (AvgIpc) is 2.38. The molecule has 118 valence electrons. The quantitative estimate of drug-likeness (QED) is 0.806. The summed E-state index contributed by atoms with van der Waals surface area (Å²) < 4.78 is 47.1. The van der Waals surface area contributed by atoms with Crippen LogP contribution in [0.3, 0.4) is 0 Å². The summed E-state index contributed by atoms with van der Waals surface area (Å²) in [5, 5.41) is 5.64. The van der Waals surface area contributed by atoms with Gasteiger partial charge >= 0.3 is 5.76 Å². The number of carbonyl (C=O) groups excluding carboxylic acids is 1. The van der Waals surface area contributed by atoms with Crippen LogP contribution in [-0.4, -0.2) is 32.7 Å². The van der Waals surface area contributed by atoms with E-state index in [4.69, 9.17) is 0 Å². The number of sulfone groups is 1. The topological polar surface area (TPSA) is 75.3 Å². The zero-order valence-corrected chi connectivity index (χ0v) is 12.6. The Kier molecular flexibility index (Phi) is 6.22. The first-order valence-electron chi connectivity index (χ1n) is 6.39. The number of carbonyl (C=O) groups is 1. The van der Waals surface area contributed by atoms with Gasteiger partial charge in [-0.2, -0.15) is 8.78 Å². The molecule has 0 bridgehead atoms. The number of halogens is 2. The molecular formula is C13H18F2N2O3S. The van der Waals surface area contributed by atoms with Gasteiger partial charge in [0.05, 0.1) is 4.90 Å². The average molecular weight is 320 g/mol. The SMILES string of the molecule is CC(C)NCCC(=O)Nc1ccc(S(=O)(=O)C(F)F)cc1. The fourth-order valence-electron chi connectivity index (χ4n) is 1.53. The molecule has 2 N–H and O–H groups in total. The molecule has 0 aliphatic carbocycles. The lowest BCUT2D eigenvalue weighted by molar-refractivity contribution is -0.116. The second-order valence-electron chi connectivity index (χ2n) is 4.74. The Labute approximate surface area is 122 Å². The summed E-state index contributed by atoms with van der Waals surface area (Å²) >= 11 is 0. The first kappa shape index (κ1) is 17.5. The largest absolute Gasteiger partial charge is 0.341 e. The monoisotopic (exact) mass is 320 g/mol. The molecule has 0 aliphatic rings. The van der Waals surface area contributed by atoms with Gasteiger partial charge in [-0.05, 0) is 24.3 Å². The van der Waals surface area contributed by atoms with Crippen LogP contribution in [0.5, 0.6) is 0 Å². The first-order valence-corrected chi connectivity index (χ1v) is 7.93. The number of rotatable bonds is 7. The van der Waals surface area contributed by atoms with Crippen LogP contribution in [0.4, 0.5) is 14.5 Å². The van der Waals surface area contributed by atoms with Crippen molar-refractivity contribution in [3.63, 3.8) is 0 Å². The summed E-state index contributed by atoms with van der Waals surface area (Å²) in [5.74, 6) is -3.70. The molecule has 0 saturated heterocycles. The van der Waals surface area contributed by atoms with Crippen LogP contribution >= 0.6 is 0 Å². The van der Waals surface area contributed by atoms with Gasteiger partial charge in [0.1, 0.15) is 0 Å². The van der Waals surface area contributed by atoms with E-state index in [1.807, 2.05) is 13.8 Å². The van der Waals surface area contributed by atoms with Crippen molar-refractivity contribution in [2.75, 3.05) is 11.9 Å². The van der Waals surface area contributed by atoms with Crippen molar-refractivity contribution in [2.24, 2.45) is 0 Å². The van der Waals surface area contributed by atoms with E-state index in [9.17, 15) is 22.0 Å². The predicted octanol–water partition coefficient (Wildman–Crippen LogP) is 2.01. The van der Waals surface area contributed by atoms with Crippen LogP contribution in [0.2, 0.25) is 0 Å². The van der Waals surface area contributed by atoms with E-state index >= 15 is 0 Å². The highest BCUT2D eigenvalue weighted by Gasteiger charge is 2.26. The minimum absolute atomic E-state index is 0.243. The highest BCUT2D eigenvalue weighted by Crippen LogP contribution is 2.20. The van der Waals surface area contributed by atoms with Crippen LogP contribution < -0.4 is 10.6 Å². The third-order valence-electron chi connectivity index (χ3n) is 2.61. The predicted molar refractivity (Wildman–Crippen MR) is 76.0 cm³/mol. The van der Waals surface area contributed by atoms with E-state index in [0.29, 0.717) is 12.2 Å². The van der Waals surface area contributed by atoms with Gasteiger partial charge in [0.2, 0.25) is 15.7 Å². The molecule has 0 aromatic heterocycles. The molecular weight excluding hydrogens is 302 g/mol. The molecule has 1 aromatic rings. The van der Waals surface area contributed by atoms with Crippen LogP contribution in [0.15, 0.2) is 29.2 Å². The van der Waals surface area contributed by atoms with Gasteiger partial charge in [-0.25, -0.2) is 8.42 Å². The standard InChI is InChI=1S/C13H18F2N2O3S/c1-9(2)16-8-7-12(18)17-10-3-5-11(6-4-10)21(19,20)13(14)15/h3-6,9,13,16H,7-8H2,1-2H3,(H,17,18). The Balaban J connectivity index is 2.61. The molecule has 21 heavy (non-hydrogen) atoms. The van der Waals surface area contributed by atoms with Crippen molar-refractivity contribution in [1.29, 1.82) is 0 Å². The van der Waals surface area contributed by atoms with E-state index in [1.54, 1.807) is 0 Å². The van der Waals surface area contributed by atoms with Gasteiger partial charge in [0, 0.05) is 24.7 Å². The minimum Gasteiger partial charge on any atom is -0.326 e. The molecule has 1 amide bonds. The molecule has 0 spiro atoms. The van der Waals surface area contributed by atoms with Gasteiger partial charge in [-0.1, -0.05) is 13.8 Å². The lowest BCUT2D eigenvalue weighted by Gasteiger charge is -2.09. The number of hydrogen-bond acceptors (Lipinski definition) is 4. The summed E-state index contributed by atoms with van der Waals surface area (Å²) in [7, 11) is -4.60. The number of anilines is 1. The number of nitrogens with one attached hydrogen (secondary N) is 2. The molecule has 0 radical (unpaired) electrons. The van der Waals surface area contributed by atoms with E-state index in [0.717, 1.165) is 12.1 Å². The van der Waals surface area contributed by atoms with Gasteiger partial charge < -0.3 is 10.6 Å². The highest BCUT2D eigenvalue weighted by molar-refractivity contribution is 7.91. The maximum atomic E-state index is 12.3. The number of alkyl halides is 2. The number of hydrogen-bond donors (Lipinski definition) is 2. The number of amides is 1. The van der Waals surface area contributed by atoms with E-state index in [1.165, 1.54) is 12.1 Å². The maximum absolute atomic E-state index is 12.3. The van der Waals surface area contributed by atoms with Crippen molar-refractivity contribution in [3.05, 3.63) is 24.3 Å². The molecule has 0 fully saturated rings. The van der Waals surface area contributed by atoms with Crippen LogP contribution in [0.25, 0.3) is 0 Å². The normalized spacial score (nSPS) is 11.9. The Morgan fingerprint density at radius 3 is 2.24 bits per heavy atom. The van der Waals surface area contributed by atoms with E-state index in [-0.39, 0.29) is 18.4 Å². The molecule has 1 rings (SSSR count). The molecule has 0 unspecified atom stereocenters. The number of benzene rings is 1. The maximum Gasteiger partial charge on any atom is 0.341 e. The van der Waals surface area contributed by atoms with Gasteiger partial charge in [-0.15, -0.1) is 0 Å². The van der Waals surface area contributed by atoms with Crippen molar-refractivity contribution in [3.8, 4) is 0 Å². The highest BCUT2D eigenvalue weighted by atomic mass is 32.2. The van der Waals surface area contributed by atoms with E-state index in [2.05, 4.69) is 10.6 Å². The molecule has 5 nitrogen and oxygen atoms in total. The molecule has 8 heteroatoms. The summed E-state index contributed by atoms with van der Waals surface area (Å²) in [6.45, 7) is 4.43. The minimum atomic E-state index is -4.60. The molecule has 1 aromatic carbocycles. The van der Waals surface area contributed by atoms with Crippen molar-refractivity contribution in [1.82, 2.24) is 5.32 Å². The summed E-state index contributed by atoms with van der Waals surface area (Å²) in [4.78, 5) is 11.1. The molecule has 0 aliphatic heterocycles. The lowest BCUT2D eigenvalue weighted by atomic mass is 10.3. The zero-order valence-electron chi connectivity index (χ0n) is 11.8. The Bertz CT molecular complexity index is 572. The van der Waals surface area contributed by atoms with Gasteiger partial charge in [-0.3, -0.25) is 4.79 Å². The molecule has 0 atom stereocenters. The van der Waals surface area contributed by atoms with Gasteiger partial charge in [0.15, 0.2) is 0 Å². The Hall–Kier alpha value is -1.54. The molecule has 0 saturated carbocycles. The second kappa shape index (κ2) is 7.46. The fraction of sp³-hybridized carbons (Fsp3) is 0.462. The van der Waals surface area contributed by atoms with Crippen LogP contribution in [0.1, 0.15) is 20.3 Å². The van der Waals surface area contributed by atoms with Gasteiger partial charge in [0.25, 0.3) is 0 Å². The second-order valence-corrected chi connectivity index (χ2v) is 6.65. The first-order chi connectivity index (χ1) is 9.73. The fourth-order valence-corrected chi connectivity index (χ4v) is 2.25. The Morgan fingerprint density at radius 2 is 1.76 bits per heavy atom. The summed E-state index contributed by atoms with van der Waals surface area (Å²) in [6.07, 6.45) is 0.259. The smallest absolute Gasteiger partial charge is 0.326 e. The molecule has 0 heterocycles. The third kappa shape index (κ3) is 5.39. The van der Waals surface area contributed by atoms with Crippen molar-refractivity contribution in [2.45, 2.75) is 37.0 Å². The van der Waals surface area contributed by atoms with Crippen LogP contribution in [0, 0.1) is 0 Å². The van der Waals surface area contributed by atoms with Crippen molar-refractivity contribution < 1.29 is 22.0 Å². The lowest BCUT2D eigenvalue weighted by Crippen LogP contribution is -2.27. The van der Waals surface area contributed by atoms with Crippen LogP contribution in [-0.2, 0) is 14.6 Å². The Morgan fingerprint density at radius 1 is 1.19 bits per heavy atom. The third-order valence-corrected chi connectivity index (χ3v) is 4.00. The summed E-state index contributed by atoms with van der Waals surface area (Å²) in [5.41, 5.74) is 0.359. The summed E-state index contributed by atoms with van der Waals surface area (Å²) in [6, 6.07) is 4.93. The van der Waals surface area contributed by atoms with Crippen molar-refractivity contribution >= 4 is 21.4 Å². The zero-order chi connectivity index (χ0) is 16.0.